The molecule has 3 amide bonds. The molecule has 0 bridgehead atoms. The van der Waals surface area contributed by atoms with Crippen LogP contribution < -0.4 is 16.0 Å². The fourth-order valence-electron chi connectivity index (χ4n) is 2.33. The summed E-state index contributed by atoms with van der Waals surface area (Å²) >= 11 is 0. The third kappa shape index (κ3) is 5.17. The Morgan fingerprint density at radius 1 is 0.880 bits per heavy atom. The van der Waals surface area contributed by atoms with Crippen molar-refractivity contribution in [3.63, 3.8) is 0 Å². The van der Waals surface area contributed by atoms with Gasteiger partial charge < -0.3 is 16.0 Å². The molecule has 1 atom stereocenters. The molecule has 2 aromatic rings. The zero-order valence-corrected chi connectivity index (χ0v) is 14.2. The first-order valence-electron chi connectivity index (χ1n) is 7.96. The summed E-state index contributed by atoms with van der Waals surface area (Å²) in [6.07, 6.45) is 0. The predicted octanol–water partition coefficient (Wildman–Crippen LogP) is 1.39. The van der Waals surface area contributed by atoms with Crippen LogP contribution in [0.5, 0.6) is 0 Å². The zero-order valence-electron chi connectivity index (χ0n) is 14.2. The molecule has 0 unspecified atom stereocenters. The Bertz CT molecular complexity index is 742. The van der Waals surface area contributed by atoms with Gasteiger partial charge in [0.05, 0.1) is 12.6 Å². The highest BCUT2D eigenvalue weighted by molar-refractivity contribution is 6.35. The van der Waals surface area contributed by atoms with Crippen LogP contribution in [-0.2, 0) is 14.4 Å². The molecule has 3 N–H and O–H groups in total. The number of likely N-dealkylation sites (N-methyl/N-ethyl adjacent to an activating group) is 1. The number of carbonyl (C=O) groups excluding carboxylic acids is 3. The van der Waals surface area contributed by atoms with Crippen molar-refractivity contribution in [3.8, 4) is 11.1 Å². The lowest BCUT2D eigenvalue weighted by Gasteiger charge is -2.15. The van der Waals surface area contributed by atoms with Crippen molar-refractivity contribution < 1.29 is 14.4 Å². The average molecular weight is 339 g/mol. The van der Waals surface area contributed by atoms with E-state index in [9.17, 15) is 14.4 Å². The Balaban J connectivity index is 1.90. The van der Waals surface area contributed by atoms with Crippen LogP contribution in [0.4, 0.5) is 0 Å². The maximum Gasteiger partial charge on any atom is 0.309 e. The monoisotopic (exact) mass is 339 g/mol. The maximum atomic E-state index is 11.9. The van der Waals surface area contributed by atoms with Crippen LogP contribution >= 0.6 is 0 Å². The minimum Gasteiger partial charge on any atom is -0.351 e. The van der Waals surface area contributed by atoms with Gasteiger partial charge in [-0.05, 0) is 23.6 Å². The molecule has 6 nitrogen and oxygen atoms in total. The normalized spacial score (nSPS) is 11.3. The molecule has 130 valence electrons. The third-order valence-corrected chi connectivity index (χ3v) is 3.74. The number of amides is 3. The van der Waals surface area contributed by atoms with E-state index in [0.29, 0.717) is 0 Å². The summed E-state index contributed by atoms with van der Waals surface area (Å²) in [5.74, 6) is -1.98. The first kappa shape index (κ1) is 18.2. The van der Waals surface area contributed by atoms with Crippen molar-refractivity contribution in [1.82, 2.24) is 16.0 Å². The van der Waals surface area contributed by atoms with Crippen molar-refractivity contribution in [2.75, 3.05) is 13.6 Å². The van der Waals surface area contributed by atoms with Gasteiger partial charge in [-0.2, -0.15) is 0 Å². The lowest BCUT2D eigenvalue weighted by Crippen LogP contribution is -2.43. The summed E-state index contributed by atoms with van der Waals surface area (Å²) < 4.78 is 0. The number of nitrogens with one attached hydrogen (secondary N) is 3. The van der Waals surface area contributed by atoms with Gasteiger partial charge in [-0.25, -0.2) is 0 Å². The quantitative estimate of drug-likeness (QED) is 0.720. The predicted molar refractivity (Wildman–Crippen MR) is 95.5 cm³/mol. The van der Waals surface area contributed by atoms with Crippen LogP contribution in [0.15, 0.2) is 54.6 Å². The van der Waals surface area contributed by atoms with Gasteiger partial charge >= 0.3 is 11.8 Å². The minimum atomic E-state index is -0.836. The molecule has 2 rings (SSSR count). The standard InChI is InChI=1S/C19H21N3O3/c1-13(22-17(23)12-21-19(25)18(24)20-2)14-8-10-16(11-9-14)15-6-4-3-5-7-15/h3-11,13H,12H2,1-2H3,(H,20,24)(H,21,25)(H,22,23)/t13-/m0/s1. The van der Waals surface area contributed by atoms with Gasteiger partial charge in [0, 0.05) is 7.05 Å². The molecule has 2 aromatic carbocycles. The highest BCUT2D eigenvalue weighted by atomic mass is 16.2. The van der Waals surface area contributed by atoms with Gasteiger partial charge in [-0.3, -0.25) is 14.4 Å². The fourth-order valence-corrected chi connectivity index (χ4v) is 2.33. The van der Waals surface area contributed by atoms with E-state index in [2.05, 4.69) is 16.0 Å². The molecule has 0 aliphatic rings. The molecule has 0 spiro atoms. The summed E-state index contributed by atoms with van der Waals surface area (Å²) in [6, 6.07) is 17.7. The van der Waals surface area contributed by atoms with Gasteiger partial charge in [-0.1, -0.05) is 54.6 Å². The lowest BCUT2D eigenvalue weighted by atomic mass is 10.0. The van der Waals surface area contributed by atoms with Crippen molar-refractivity contribution in [2.45, 2.75) is 13.0 Å². The topological polar surface area (TPSA) is 87.3 Å². The van der Waals surface area contributed by atoms with E-state index in [1.54, 1.807) is 0 Å². The van der Waals surface area contributed by atoms with Crippen LogP contribution in [0.25, 0.3) is 11.1 Å². The van der Waals surface area contributed by atoms with Crippen LogP contribution in [0, 0.1) is 0 Å². The molecule has 0 heterocycles. The summed E-state index contributed by atoms with van der Waals surface area (Å²) in [7, 11) is 1.35. The molecule has 0 aliphatic heterocycles. The highest BCUT2D eigenvalue weighted by Gasteiger charge is 2.14. The molecular weight excluding hydrogens is 318 g/mol. The van der Waals surface area contributed by atoms with E-state index < -0.39 is 11.8 Å². The van der Waals surface area contributed by atoms with Gasteiger partial charge in [0.2, 0.25) is 5.91 Å². The molecule has 0 saturated carbocycles. The molecule has 0 fully saturated rings. The van der Waals surface area contributed by atoms with Gasteiger partial charge in [-0.15, -0.1) is 0 Å². The summed E-state index contributed by atoms with van der Waals surface area (Å²) in [6.45, 7) is 1.61. The second-order valence-electron chi connectivity index (χ2n) is 5.54. The summed E-state index contributed by atoms with van der Waals surface area (Å²) in [4.78, 5) is 34.2. The SMILES string of the molecule is CNC(=O)C(=O)NCC(=O)N[C@@H](C)c1ccc(-c2ccccc2)cc1. The van der Waals surface area contributed by atoms with E-state index in [-0.39, 0.29) is 18.5 Å². The van der Waals surface area contributed by atoms with E-state index in [4.69, 9.17) is 0 Å². The molecule has 25 heavy (non-hydrogen) atoms. The fraction of sp³-hybridized carbons (Fsp3) is 0.211. The Kier molecular flexibility index (Phi) is 6.28. The Morgan fingerprint density at radius 3 is 2.08 bits per heavy atom. The van der Waals surface area contributed by atoms with E-state index >= 15 is 0 Å². The summed E-state index contributed by atoms with van der Waals surface area (Å²) in [5.41, 5.74) is 3.18. The number of benzene rings is 2. The van der Waals surface area contributed by atoms with Crippen LogP contribution in [0.3, 0.4) is 0 Å². The largest absolute Gasteiger partial charge is 0.351 e. The smallest absolute Gasteiger partial charge is 0.309 e. The Hall–Kier alpha value is -3.15. The second kappa shape index (κ2) is 8.63. The lowest BCUT2D eigenvalue weighted by molar-refractivity contribution is -0.139. The Morgan fingerprint density at radius 2 is 1.48 bits per heavy atom. The third-order valence-electron chi connectivity index (χ3n) is 3.74. The van der Waals surface area contributed by atoms with Crippen LogP contribution in [0.1, 0.15) is 18.5 Å². The second-order valence-corrected chi connectivity index (χ2v) is 5.54. The number of carbonyl (C=O) groups is 3. The van der Waals surface area contributed by atoms with Crippen molar-refractivity contribution in [3.05, 3.63) is 60.2 Å². The van der Waals surface area contributed by atoms with E-state index in [0.717, 1.165) is 16.7 Å². The maximum absolute atomic E-state index is 11.9. The first-order valence-corrected chi connectivity index (χ1v) is 7.96. The first-order chi connectivity index (χ1) is 12.0. The van der Waals surface area contributed by atoms with Crippen LogP contribution in [0.2, 0.25) is 0 Å². The zero-order chi connectivity index (χ0) is 18.2. The number of rotatable bonds is 5. The molecular formula is C19H21N3O3. The molecule has 0 aromatic heterocycles. The van der Waals surface area contributed by atoms with Gasteiger partial charge in [0.25, 0.3) is 0 Å². The van der Waals surface area contributed by atoms with Crippen molar-refractivity contribution in [1.29, 1.82) is 0 Å². The molecule has 0 aliphatic carbocycles. The van der Waals surface area contributed by atoms with Crippen molar-refractivity contribution >= 4 is 17.7 Å². The van der Waals surface area contributed by atoms with Gasteiger partial charge in [0.1, 0.15) is 0 Å². The average Bonchev–Trinajstić information content (AvgIpc) is 2.66. The van der Waals surface area contributed by atoms with Crippen LogP contribution in [-0.4, -0.2) is 31.3 Å². The molecule has 0 radical (unpaired) electrons. The number of hydrogen-bond acceptors (Lipinski definition) is 3. The molecule has 0 saturated heterocycles. The minimum absolute atomic E-state index is 0.214. The Labute approximate surface area is 146 Å². The van der Waals surface area contributed by atoms with E-state index in [1.165, 1.54) is 7.05 Å². The highest BCUT2D eigenvalue weighted by Crippen LogP contribution is 2.21. The summed E-state index contributed by atoms with van der Waals surface area (Å²) in [5, 5.41) is 7.23. The van der Waals surface area contributed by atoms with E-state index in [1.807, 2.05) is 61.5 Å². The van der Waals surface area contributed by atoms with Crippen molar-refractivity contribution in [2.24, 2.45) is 0 Å². The molecule has 6 heteroatoms. The number of hydrogen-bond donors (Lipinski definition) is 3. The van der Waals surface area contributed by atoms with Gasteiger partial charge in [0.15, 0.2) is 0 Å².